The third-order valence-corrected chi connectivity index (χ3v) is 4.93. The van der Waals surface area contributed by atoms with E-state index in [2.05, 4.69) is 10.6 Å². The maximum atomic E-state index is 12.3. The largest absolute Gasteiger partial charge is 0.346 e. The molecule has 1 unspecified atom stereocenters. The molecule has 1 fully saturated rings. The highest BCUT2D eigenvalue weighted by atomic mass is 32.2. The Labute approximate surface area is 154 Å². The van der Waals surface area contributed by atoms with Gasteiger partial charge in [0.15, 0.2) is 5.04 Å². The van der Waals surface area contributed by atoms with E-state index in [-0.39, 0.29) is 23.9 Å². The summed E-state index contributed by atoms with van der Waals surface area (Å²) in [6, 6.07) is -0.439. The standard InChI is InChI=1S/C17H31N5O2S/c1-3-7-14(12-20-2)25-16(19)17(24)21-13(11-18)10-15(23)22-8-5-4-6-9-22/h7,13,19-20H,3-6,8-12,18H2,1-2H3,(H,21,24)/b14-7+,19-16?. The van der Waals surface area contributed by atoms with Crippen LogP contribution in [0.5, 0.6) is 0 Å². The van der Waals surface area contributed by atoms with Crippen LogP contribution in [0.25, 0.3) is 0 Å². The molecule has 1 rings (SSSR count). The molecule has 1 atom stereocenters. The molecule has 0 spiro atoms. The molecule has 25 heavy (non-hydrogen) atoms. The quantitative estimate of drug-likeness (QED) is 0.378. The predicted molar refractivity (Wildman–Crippen MR) is 104 cm³/mol. The molecule has 5 N–H and O–H groups in total. The van der Waals surface area contributed by atoms with Crippen molar-refractivity contribution in [3.8, 4) is 0 Å². The average Bonchev–Trinajstić information content (AvgIpc) is 2.62. The fourth-order valence-corrected chi connectivity index (χ4v) is 3.54. The Balaban J connectivity index is 2.52. The number of hydrogen-bond acceptors (Lipinski definition) is 6. The summed E-state index contributed by atoms with van der Waals surface area (Å²) in [6.07, 6.45) is 6.25. The number of allylic oxidation sites excluding steroid dienone is 1. The van der Waals surface area contributed by atoms with E-state index in [1.54, 1.807) is 0 Å². The minimum atomic E-state index is -0.481. The van der Waals surface area contributed by atoms with E-state index in [0.717, 1.165) is 55.4 Å². The van der Waals surface area contributed by atoms with Crippen LogP contribution in [0.2, 0.25) is 0 Å². The van der Waals surface area contributed by atoms with Crippen LogP contribution >= 0.6 is 11.8 Å². The minimum Gasteiger partial charge on any atom is -0.346 e. The average molecular weight is 370 g/mol. The second-order valence-electron chi connectivity index (χ2n) is 6.09. The molecule has 0 bridgehead atoms. The zero-order valence-electron chi connectivity index (χ0n) is 15.3. The Morgan fingerprint density at radius 2 is 2.00 bits per heavy atom. The first kappa shape index (κ1) is 21.7. The Morgan fingerprint density at radius 3 is 2.56 bits per heavy atom. The summed E-state index contributed by atoms with van der Waals surface area (Å²) in [4.78, 5) is 27.3. The van der Waals surface area contributed by atoms with Gasteiger partial charge < -0.3 is 21.3 Å². The maximum absolute atomic E-state index is 12.3. The van der Waals surface area contributed by atoms with Gasteiger partial charge in [0.25, 0.3) is 5.91 Å². The molecule has 1 aliphatic rings. The van der Waals surface area contributed by atoms with Crippen LogP contribution in [0.1, 0.15) is 39.0 Å². The summed E-state index contributed by atoms with van der Waals surface area (Å²) in [5.41, 5.74) is 5.71. The highest BCUT2D eigenvalue weighted by molar-refractivity contribution is 8.18. The van der Waals surface area contributed by atoms with E-state index in [1.807, 2.05) is 24.9 Å². The third-order valence-electron chi connectivity index (χ3n) is 3.97. The van der Waals surface area contributed by atoms with Gasteiger partial charge in [-0.05, 0) is 32.7 Å². The van der Waals surface area contributed by atoms with Gasteiger partial charge in [-0.1, -0.05) is 24.8 Å². The van der Waals surface area contributed by atoms with Crippen LogP contribution in [0, 0.1) is 5.41 Å². The van der Waals surface area contributed by atoms with Gasteiger partial charge in [-0.15, -0.1) is 0 Å². The number of likely N-dealkylation sites (tertiary alicyclic amines) is 1. The Morgan fingerprint density at radius 1 is 1.32 bits per heavy atom. The van der Waals surface area contributed by atoms with Crippen molar-refractivity contribution >= 4 is 28.6 Å². The van der Waals surface area contributed by atoms with Crippen LogP contribution in [-0.4, -0.2) is 61.0 Å². The zero-order valence-corrected chi connectivity index (χ0v) is 16.1. The topological polar surface area (TPSA) is 111 Å². The van der Waals surface area contributed by atoms with E-state index < -0.39 is 11.9 Å². The van der Waals surface area contributed by atoms with Crippen LogP contribution in [0.4, 0.5) is 0 Å². The normalized spacial score (nSPS) is 16.4. The molecule has 0 aromatic heterocycles. The number of nitrogens with zero attached hydrogens (tertiary/aromatic N) is 1. The molecule has 1 saturated heterocycles. The van der Waals surface area contributed by atoms with Gasteiger partial charge in [0, 0.05) is 37.5 Å². The van der Waals surface area contributed by atoms with Gasteiger partial charge in [0.1, 0.15) is 0 Å². The van der Waals surface area contributed by atoms with Crippen molar-refractivity contribution < 1.29 is 9.59 Å². The highest BCUT2D eigenvalue weighted by Gasteiger charge is 2.22. The van der Waals surface area contributed by atoms with Crippen molar-refractivity contribution in [1.29, 1.82) is 5.41 Å². The SMILES string of the molecule is CC/C=C(\CNC)SC(=N)C(=O)NC(CN)CC(=O)N1CCCCC1. The number of carbonyl (C=O) groups excluding carboxylic acids is 2. The molecule has 1 aliphatic heterocycles. The van der Waals surface area contributed by atoms with Crippen LogP contribution in [-0.2, 0) is 9.59 Å². The van der Waals surface area contributed by atoms with E-state index in [1.165, 1.54) is 0 Å². The Hall–Kier alpha value is -1.38. The second kappa shape index (κ2) is 12.1. The van der Waals surface area contributed by atoms with Gasteiger partial charge >= 0.3 is 0 Å². The van der Waals surface area contributed by atoms with Gasteiger partial charge in [-0.25, -0.2) is 0 Å². The lowest BCUT2D eigenvalue weighted by atomic mass is 10.1. The van der Waals surface area contributed by atoms with Crippen molar-refractivity contribution in [3.63, 3.8) is 0 Å². The number of thioether (sulfide) groups is 1. The number of carbonyl (C=O) groups is 2. The van der Waals surface area contributed by atoms with E-state index in [4.69, 9.17) is 11.1 Å². The first-order valence-corrected chi connectivity index (χ1v) is 9.72. The summed E-state index contributed by atoms with van der Waals surface area (Å²) < 4.78 is 0. The number of nitrogens with one attached hydrogen (secondary N) is 3. The van der Waals surface area contributed by atoms with Crippen LogP contribution in [0.3, 0.4) is 0 Å². The number of hydrogen-bond donors (Lipinski definition) is 4. The summed E-state index contributed by atoms with van der Waals surface area (Å²) in [5, 5.41) is 13.6. The first-order valence-electron chi connectivity index (χ1n) is 8.90. The zero-order chi connectivity index (χ0) is 18.7. The summed E-state index contributed by atoms with van der Waals surface area (Å²) in [6.45, 7) is 4.37. The molecule has 8 heteroatoms. The molecule has 0 radical (unpaired) electrons. The van der Waals surface area contributed by atoms with Crippen LogP contribution in [0.15, 0.2) is 11.0 Å². The van der Waals surface area contributed by atoms with Gasteiger partial charge in [-0.3, -0.25) is 15.0 Å². The van der Waals surface area contributed by atoms with Gasteiger partial charge in [0.05, 0.1) is 6.04 Å². The molecular formula is C17H31N5O2S. The van der Waals surface area contributed by atoms with E-state index in [9.17, 15) is 9.59 Å². The first-order chi connectivity index (χ1) is 12.0. The fraction of sp³-hybridized carbons (Fsp3) is 0.706. The fourth-order valence-electron chi connectivity index (χ4n) is 2.66. The summed E-state index contributed by atoms with van der Waals surface area (Å²) >= 11 is 1.14. The molecule has 2 amide bonds. The van der Waals surface area contributed by atoms with Crippen molar-refractivity contribution in [2.75, 3.05) is 33.2 Å². The number of likely N-dealkylation sites (N-methyl/N-ethyl adjacent to an activating group) is 1. The van der Waals surface area contributed by atoms with Gasteiger partial charge in [-0.2, -0.15) is 0 Å². The lowest BCUT2D eigenvalue weighted by Gasteiger charge is -2.28. The summed E-state index contributed by atoms with van der Waals surface area (Å²) in [7, 11) is 1.82. The lowest BCUT2D eigenvalue weighted by molar-refractivity contribution is -0.132. The van der Waals surface area contributed by atoms with Crippen molar-refractivity contribution in [2.24, 2.45) is 5.73 Å². The molecule has 0 saturated carbocycles. The van der Waals surface area contributed by atoms with E-state index >= 15 is 0 Å². The number of amides is 2. The minimum absolute atomic E-state index is 0.0244. The molecule has 0 aromatic rings. The molecule has 142 valence electrons. The number of rotatable bonds is 8. The van der Waals surface area contributed by atoms with E-state index in [0.29, 0.717) is 6.54 Å². The smallest absolute Gasteiger partial charge is 0.276 e. The lowest BCUT2D eigenvalue weighted by Crippen LogP contribution is -2.47. The molecular weight excluding hydrogens is 338 g/mol. The maximum Gasteiger partial charge on any atom is 0.276 e. The van der Waals surface area contributed by atoms with Crippen molar-refractivity contribution in [1.82, 2.24) is 15.5 Å². The van der Waals surface area contributed by atoms with Crippen molar-refractivity contribution in [3.05, 3.63) is 11.0 Å². The third kappa shape index (κ3) is 8.02. The number of piperidine rings is 1. The molecule has 7 nitrogen and oxygen atoms in total. The molecule has 1 heterocycles. The summed E-state index contributed by atoms with van der Waals surface area (Å²) in [5.74, 6) is -0.457. The molecule has 0 aromatic carbocycles. The highest BCUT2D eigenvalue weighted by Crippen LogP contribution is 2.17. The molecule has 0 aliphatic carbocycles. The van der Waals surface area contributed by atoms with Crippen molar-refractivity contribution in [2.45, 2.75) is 45.1 Å². The number of nitrogens with two attached hydrogens (primary N) is 1. The van der Waals surface area contributed by atoms with Crippen LogP contribution < -0.4 is 16.4 Å². The Bertz CT molecular complexity index is 489. The predicted octanol–water partition coefficient (Wildman–Crippen LogP) is 1.06. The van der Waals surface area contributed by atoms with Gasteiger partial charge in [0.2, 0.25) is 5.91 Å². The second-order valence-corrected chi connectivity index (χ2v) is 7.23. The Kier molecular flexibility index (Phi) is 10.4. The monoisotopic (exact) mass is 369 g/mol.